The van der Waals surface area contributed by atoms with Crippen LogP contribution >= 0.6 is 0 Å². The number of phenols is 2. The molecule has 6 nitrogen and oxygen atoms in total. The predicted molar refractivity (Wildman–Crippen MR) is 156 cm³/mol. The Bertz CT molecular complexity index is 1610. The lowest BCUT2D eigenvalue weighted by Crippen LogP contribution is -2.33. The smallest absolute Gasteiger partial charge is 0.197 e. The molecule has 1 aliphatic rings. The summed E-state index contributed by atoms with van der Waals surface area (Å²) in [7, 11) is 0. The Morgan fingerprint density at radius 1 is 0.750 bits per heavy atom. The highest BCUT2D eigenvalue weighted by Gasteiger charge is 2.24. The van der Waals surface area contributed by atoms with Gasteiger partial charge in [0.2, 0.25) is 0 Å². The molecule has 0 aliphatic carbocycles. The Labute approximate surface area is 233 Å². The number of likely N-dealkylation sites (tertiary alicyclic amines) is 1. The normalized spacial score (nSPS) is 13.9. The van der Waals surface area contributed by atoms with E-state index >= 15 is 0 Å². The molecule has 1 aliphatic heterocycles. The number of carbonyl (C=O) groups is 1. The molecule has 0 amide bonds. The van der Waals surface area contributed by atoms with Crippen molar-refractivity contribution >= 4 is 16.8 Å². The summed E-state index contributed by atoms with van der Waals surface area (Å²) in [4.78, 5) is 16.4. The maximum absolute atomic E-state index is 13.9. The second-order valence-corrected chi connectivity index (χ2v) is 10.2. The molecule has 0 spiro atoms. The number of carbonyl (C=O) groups excluding carboxylic acids is 1. The molecule has 0 atom stereocenters. The Morgan fingerprint density at radius 3 is 2.05 bits per heavy atom. The monoisotopic (exact) mass is 533 g/mol. The average Bonchev–Trinajstić information content (AvgIpc) is 3.37. The van der Waals surface area contributed by atoms with Gasteiger partial charge in [-0.05, 0) is 110 Å². The van der Waals surface area contributed by atoms with Gasteiger partial charge in [0, 0.05) is 23.1 Å². The van der Waals surface area contributed by atoms with E-state index in [2.05, 4.69) is 4.90 Å². The van der Waals surface area contributed by atoms with Crippen molar-refractivity contribution in [2.75, 3.05) is 26.2 Å². The number of aromatic hydroxyl groups is 2. The zero-order valence-electron chi connectivity index (χ0n) is 22.2. The first kappa shape index (κ1) is 25.7. The number of hydrogen-bond acceptors (Lipinski definition) is 6. The zero-order valence-corrected chi connectivity index (χ0v) is 22.2. The third-order valence-electron chi connectivity index (χ3n) is 7.49. The van der Waals surface area contributed by atoms with Gasteiger partial charge in [-0.15, -0.1) is 0 Å². The Balaban J connectivity index is 1.30. The lowest BCUT2D eigenvalue weighted by Gasteiger charge is -2.26. The third kappa shape index (κ3) is 5.44. The van der Waals surface area contributed by atoms with Crippen molar-refractivity contribution in [3.8, 4) is 39.7 Å². The summed E-state index contributed by atoms with van der Waals surface area (Å²) in [5.41, 5.74) is 4.11. The van der Waals surface area contributed by atoms with Gasteiger partial charge < -0.3 is 19.4 Å². The van der Waals surface area contributed by atoms with Crippen molar-refractivity contribution in [1.82, 2.24) is 4.90 Å². The van der Waals surface area contributed by atoms with Crippen LogP contribution in [0.5, 0.6) is 17.2 Å². The van der Waals surface area contributed by atoms with Crippen molar-refractivity contribution in [1.29, 1.82) is 0 Å². The van der Waals surface area contributed by atoms with Crippen LogP contribution in [-0.4, -0.2) is 47.1 Å². The Kier molecular flexibility index (Phi) is 7.25. The second kappa shape index (κ2) is 11.3. The molecule has 4 aromatic carbocycles. The van der Waals surface area contributed by atoms with Gasteiger partial charge in [-0.25, -0.2) is 0 Å². The van der Waals surface area contributed by atoms with E-state index < -0.39 is 0 Å². The summed E-state index contributed by atoms with van der Waals surface area (Å²) >= 11 is 0. The molecule has 1 saturated heterocycles. The highest BCUT2D eigenvalue weighted by Crippen LogP contribution is 2.38. The minimum atomic E-state index is -0.154. The quantitative estimate of drug-likeness (QED) is 0.204. The van der Waals surface area contributed by atoms with E-state index in [1.165, 1.54) is 19.3 Å². The van der Waals surface area contributed by atoms with Gasteiger partial charge in [-0.2, -0.15) is 0 Å². The number of rotatable bonds is 8. The van der Waals surface area contributed by atoms with Crippen molar-refractivity contribution in [3.63, 3.8) is 0 Å². The van der Waals surface area contributed by atoms with Crippen LogP contribution in [0.4, 0.5) is 0 Å². The van der Waals surface area contributed by atoms with Crippen LogP contribution in [-0.2, 0) is 0 Å². The van der Waals surface area contributed by atoms with Crippen LogP contribution in [0.25, 0.3) is 33.4 Å². The second-order valence-electron chi connectivity index (χ2n) is 10.2. The summed E-state index contributed by atoms with van der Waals surface area (Å²) in [5.74, 6) is 1.37. The topological polar surface area (TPSA) is 83.1 Å². The number of benzene rings is 4. The van der Waals surface area contributed by atoms with E-state index in [0.29, 0.717) is 40.0 Å². The molecule has 0 bridgehead atoms. The number of fused-ring (bicyclic) bond motifs is 1. The van der Waals surface area contributed by atoms with Crippen LogP contribution in [0, 0.1) is 0 Å². The van der Waals surface area contributed by atoms with Gasteiger partial charge in [0.15, 0.2) is 5.78 Å². The minimum absolute atomic E-state index is 0.137. The maximum Gasteiger partial charge on any atom is 0.197 e. The van der Waals surface area contributed by atoms with Crippen molar-refractivity contribution in [2.45, 2.75) is 19.3 Å². The Hall–Kier alpha value is -4.55. The molecule has 1 fully saturated rings. The fourth-order valence-electron chi connectivity index (χ4n) is 5.29. The van der Waals surface area contributed by atoms with E-state index in [9.17, 15) is 15.0 Å². The van der Waals surface area contributed by atoms with E-state index in [1.54, 1.807) is 48.5 Å². The summed E-state index contributed by atoms with van der Waals surface area (Å²) in [6.45, 7) is 3.79. The standard InChI is InChI=1S/C34H31NO5/c36-27-11-4-23(5-12-27)26-10-17-30-31(22-26)40-34(25-6-13-28(37)14-7-25)32(30)33(38)24-8-15-29(16-9-24)39-21-20-35-18-2-1-3-19-35/h4-17,22,36-37H,1-3,18-21H2. The molecule has 0 unspecified atom stereocenters. The van der Waals surface area contributed by atoms with Gasteiger partial charge in [0.25, 0.3) is 0 Å². The maximum atomic E-state index is 13.9. The van der Waals surface area contributed by atoms with Crippen molar-refractivity contribution in [3.05, 3.63) is 102 Å². The van der Waals surface area contributed by atoms with Crippen LogP contribution in [0.1, 0.15) is 35.2 Å². The molecule has 40 heavy (non-hydrogen) atoms. The van der Waals surface area contributed by atoms with Gasteiger partial charge in [-0.3, -0.25) is 9.69 Å². The first-order chi connectivity index (χ1) is 19.5. The minimum Gasteiger partial charge on any atom is -0.508 e. The largest absolute Gasteiger partial charge is 0.508 e. The van der Waals surface area contributed by atoms with Crippen molar-refractivity contribution < 1.29 is 24.2 Å². The molecule has 2 heterocycles. The highest BCUT2D eigenvalue weighted by molar-refractivity contribution is 6.19. The summed E-state index contributed by atoms with van der Waals surface area (Å²) in [6, 6.07) is 26.6. The van der Waals surface area contributed by atoms with E-state index in [4.69, 9.17) is 9.15 Å². The molecule has 2 N–H and O–H groups in total. The zero-order chi connectivity index (χ0) is 27.5. The van der Waals surface area contributed by atoms with Crippen LogP contribution in [0.15, 0.2) is 95.4 Å². The average molecular weight is 534 g/mol. The predicted octanol–water partition coefficient (Wildman–Crippen LogP) is 7.27. The molecule has 202 valence electrons. The molecule has 1 aromatic heterocycles. The first-order valence-corrected chi connectivity index (χ1v) is 13.7. The number of nitrogens with zero attached hydrogens (tertiary/aromatic N) is 1. The number of ether oxygens (including phenoxy) is 1. The lowest BCUT2D eigenvalue weighted by molar-refractivity contribution is 0.104. The summed E-state index contributed by atoms with van der Waals surface area (Å²) in [6.07, 6.45) is 3.82. The van der Waals surface area contributed by atoms with Crippen LogP contribution in [0.3, 0.4) is 0 Å². The number of ketones is 1. The molecular weight excluding hydrogens is 502 g/mol. The van der Waals surface area contributed by atoms with Gasteiger partial charge in [-0.1, -0.05) is 24.6 Å². The van der Waals surface area contributed by atoms with Gasteiger partial charge in [0.05, 0.1) is 5.56 Å². The molecule has 6 heteroatoms. The van der Waals surface area contributed by atoms with Crippen LogP contribution in [0.2, 0.25) is 0 Å². The summed E-state index contributed by atoms with van der Waals surface area (Å²) < 4.78 is 12.3. The number of furan rings is 1. The van der Waals surface area contributed by atoms with Gasteiger partial charge >= 0.3 is 0 Å². The summed E-state index contributed by atoms with van der Waals surface area (Å²) in [5, 5.41) is 20.2. The molecular formula is C34H31NO5. The fourth-order valence-corrected chi connectivity index (χ4v) is 5.29. The SMILES string of the molecule is O=C(c1ccc(OCCN2CCCCC2)cc1)c1c(-c2ccc(O)cc2)oc2cc(-c3ccc(O)cc3)ccc12. The molecule has 6 rings (SSSR count). The molecule has 0 saturated carbocycles. The number of phenolic OH excluding ortho intramolecular Hbond substituents is 2. The fraction of sp³-hybridized carbons (Fsp3) is 0.206. The number of piperidine rings is 1. The first-order valence-electron chi connectivity index (χ1n) is 13.7. The van der Waals surface area contributed by atoms with E-state index in [0.717, 1.165) is 36.5 Å². The third-order valence-corrected chi connectivity index (χ3v) is 7.49. The Morgan fingerprint density at radius 2 is 1.38 bits per heavy atom. The van der Waals surface area contributed by atoms with Crippen LogP contribution < -0.4 is 4.74 Å². The molecule has 5 aromatic rings. The highest BCUT2D eigenvalue weighted by atomic mass is 16.5. The van der Waals surface area contributed by atoms with E-state index in [1.807, 2.05) is 42.5 Å². The number of hydrogen-bond donors (Lipinski definition) is 2. The van der Waals surface area contributed by atoms with E-state index in [-0.39, 0.29) is 17.3 Å². The lowest BCUT2D eigenvalue weighted by atomic mass is 9.96. The molecule has 0 radical (unpaired) electrons. The van der Waals surface area contributed by atoms with Crippen molar-refractivity contribution in [2.24, 2.45) is 0 Å². The van der Waals surface area contributed by atoms with Gasteiger partial charge in [0.1, 0.15) is 35.2 Å².